The number of aryl methyl sites for hydroxylation is 1. The molecular formula is C20H15Cl2N3O. The number of benzene rings is 2. The van der Waals surface area contributed by atoms with E-state index >= 15 is 0 Å². The lowest BCUT2D eigenvalue weighted by Gasteiger charge is -2.14. The summed E-state index contributed by atoms with van der Waals surface area (Å²) in [7, 11) is 0. The van der Waals surface area contributed by atoms with E-state index in [9.17, 15) is 5.11 Å². The summed E-state index contributed by atoms with van der Waals surface area (Å²) in [4.78, 5) is 4.60. The van der Waals surface area contributed by atoms with Crippen LogP contribution in [0.15, 0.2) is 54.6 Å². The van der Waals surface area contributed by atoms with Crippen molar-refractivity contribution in [2.24, 2.45) is 0 Å². The minimum absolute atomic E-state index is 0.163. The molecule has 0 saturated heterocycles. The molecule has 0 bridgehead atoms. The average Bonchev–Trinajstić information content (AvgIpc) is 3.05. The van der Waals surface area contributed by atoms with Gasteiger partial charge in [-0.05, 0) is 25.1 Å². The molecule has 2 aromatic heterocycles. The first-order valence-electron chi connectivity index (χ1n) is 8.09. The standard InChI is InChI=1S/C20H15Cl2N3O/c1-12-16(11-26)20(15-8-7-14(21)9-17(15)22)25-19(23-12)10-18(24-25)13-5-3-2-4-6-13/h2-10,26H,11H2,1H3. The molecule has 4 rings (SSSR count). The number of halogens is 2. The molecule has 0 fully saturated rings. The van der Waals surface area contributed by atoms with Crippen molar-refractivity contribution in [3.8, 4) is 22.5 Å². The molecule has 0 aliphatic carbocycles. The molecule has 0 unspecified atom stereocenters. The van der Waals surface area contributed by atoms with Gasteiger partial charge in [-0.2, -0.15) is 5.10 Å². The Morgan fingerprint density at radius 3 is 2.50 bits per heavy atom. The highest BCUT2D eigenvalue weighted by Gasteiger charge is 2.19. The first-order valence-corrected chi connectivity index (χ1v) is 8.85. The number of aliphatic hydroxyl groups excluding tert-OH is 1. The van der Waals surface area contributed by atoms with Gasteiger partial charge in [0.25, 0.3) is 0 Å². The molecule has 0 radical (unpaired) electrons. The summed E-state index contributed by atoms with van der Waals surface area (Å²) >= 11 is 12.5. The van der Waals surface area contributed by atoms with E-state index in [1.165, 1.54) is 0 Å². The third-order valence-corrected chi connectivity index (χ3v) is 4.87. The third kappa shape index (κ3) is 2.86. The first kappa shape index (κ1) is 17.0. The molecular weight excluding hydrogens is 369 g/mol. The van der Waals surface area contributed by atoms with E-state index < -0.39 is 0 Å². The van der Waals surface area contributed by atoms with Crippen LogP contribution in [-0.2, 0) is 6.61 Å². The molecule has 130 valence electrons. The van der Waals surface area contributed by atoms with E-state index in [-0.39, 0.29) is 6.61 Å². The fourth-order valence-corrected chi connectivity index (χ4v) is 3.55. The Kier molecular flexibility index (Phi) is 4.41. The summed E-state index contributed by atoms with van der Waals surface area (Å²) in [6, 6.07) is 17.1. The predicted molar refractivity (Wildman–Crippen MR) is 105 cm³/mol. The van der Waals surface area contributed by atoms with Gasteiger partial charge in [0.2, 0.25) is 0 Å². The maximum Gasteiger partial charge on any atom is 0.156 e. The molecule has 0 spiro atoms. The summed E-state index contributed by atoms with van der Waals surface area (Å²) in [6.45, 7) is 1.71. The zero-order valence-corrected chi connectivity index (χ0v) is 15.5. The van der Waals surface area contributed by atoms with Crippen LogP contribution in [0.1, 0.15) is 11.3 Å². The molecule has 6 heteroatoms. The fraction of sp³-hybridized carbons (Fsp3) is 0.100. The van der Waals surface area contributed by atoms with Gasteiger partial charge in [-0.1, -0.05) is 53.5 Å². The SMILES string of the molecule is Cc1nc2cc(-c3ccccc3)nn2c(-c2ccc(Cl)cc2Cl)c1CO. The van der Waals surface area contributed by atoms with Crippen LogP contribution in [0.5, 0.6) is 0 Å². The maximum atomic E-state index is 9.94. The van der Waals surface area contributed by atoms with Crippen molar-refractivity contribution in [2.75, 3.05) is 0 Å². The van der Waals surface area contributed by atoms with Gasteiger partial charge in [-0.15, -0.1) is 0 Å². The van der Waals surface area contributed by atoms with Gasteiger partial charge in [0.05, 0.1) is 23.0 Å². The van der Waals surface area contributed by atoms with Crippen molar-refractivity contribution in [3.63, 3.8) is 0 Å². The monoisotopic (exact) mass is 383 g/mol. The normalized spacial score (nSPS) is 11.2. The quantitative estimate of drug-likeness (QED) is 0.530. The number of hydrogen-bond donors (Lipinski definition) is 1. The highest BCUT2D eigenvalue weighted by molar-refractivity contribution is 6.36. The Balaban J connectivity index is 2.04. The fourth-order valence-electron chi connectivity index (χ4n) is 3.05. The molecule has 0 aliphatic heterocycles. The van der Waals surface area contributed by atoms with Crippen LogP contribution in [0.4, 0.5) is 0 Å². The number of nitrogens with zero attached hydrogens (tertiary/aromatic N) is 3. The molecule has 26 heavy (non-hydrogen) atoms. The maximum absolute atomic E-state index is 9.94. The summed E-state index contributed by atoms with van der Waals surface area (Å²) < 4.78 is 1.73. The smallest absolute Gasteiger partial charge is 0.156 e. The lowest BCUT2D eigenvalue weighted by Crippen LogP contribution is -2.06. The summed E-state index contributed by atoms with van der Waals surface area (Å²) in [5.41, 5.74) is 5.38. The van der Waals surface area contributed by atoms with Gasteiger partial charge in [0, 0.05) is 33.5 Å². The molecule has 2 heterocycles. The largest absolute Gasteiger partial charge is 0.392 e. The van der Waals surface area contributed by atoms with E-state index in [1.807, 2.05) is 49.4 Å². The van der Waals surface area contributed by atoms with Gasteiger partial charge >= 0.3 is 0 Å². The van der Waals surface area contributed by atoms with Crippen molar-refractivity contribution < 1.29 is 5.11 Å². The Hall–Kier alpha value is -2.40. The van der Waals surface area contributed by atoms with Crippen LogP contribution in [0.3, 0.4) is 0 Å². The van der Waals surface area contributed by atoms with Crippen LogP contribution in [-0.4, -0.2) is 19.7 Å². The van der Waals surface area contributed by atoms with E-state index in [4.69, 9.17) is 28.3 Å². The minimum Gasteiger partial charge on any atom is -0.392 e. The number of rotatable bonds is 3. The van der Waals surface area contributed by atoms with E-state index in [2.05, 4.69) is 4.98 Å². The van der Waals surface area contributed by atoms with Crippen LogP contribution >= 0.6 is 23.2 Å². The number of hydrogen-bond acceptors (Lipinski definition) is 3. The summed E-state index contributed by atoms with van der Waals surface area (Å²) in [5.74, 6) is 0. The van der Waals surface area contributed by atoms with Gasteiger partial charge in [-0.25, -0.2) is 9.50 Å². The van der Waals surface area contributed by atoms with Crippen molar-refractivity contribution in [1.29, 1.82) is 0 Å². The second-order valence-corrected chi connectivity index (χ2v) is 6.82. The predicted octanol–water partition coefficient (Wildman–Crippen LogP) is 5.17. The van der Waals surface area contributed by atoms with Crippen molar-refractivity contribution in [1.82, 2.24) is 14.6 Å². The van der Waals surface area contributed by atoms with Gasteiger partial charge in [-0.3, -0.25) is 0 Å². The Morgan fingerprint density at radius 2 is 1.81 bits per heavy atom. The van der Waals surface area contributed by atoms with Gasteiger partial charge < -0.3 is 5.11 Å². The summed E-state index contributed by atoms with van der Waals surface area (Å²) in [6.07, 6.45) is 0. The van der Waals surface area contributed by atoms with Crippen LogP contribution in [0, 0.1) is 6.92 Å². The number of aliphatic hydroxyl groups is 1. The van der Waals surface area contributed by atoms with E-state index in [1.54, 1.807) is 16.6 Å². The second kappa shape index (κ2) is 6.72. The first-order chi connectivity index (χ1) is 12.6. The minimum atomic E-state index is -0.163. The zero-order chi connectivity index (χ0) is 18.3. The Bertz CT molecular complexity index is 1110. The van der Waals surface area contributed by atoms with Gasteiger partial charge in [0.15, 0.2) is 5.65 Å². The molecule has 4 aromatic rings. The lowest BCUT2D eigenvalue weighted by molar-refractivity contribution is 0.280. The van der Waals surface area contributed by atoms with Crippen LogP contribution in [0.2, 0.25) is 10.0 Å². The molecule has 4 nitrogen and oxygen atoms in total. The van der Waals surface area contributed by atoms with Crippen LogP contribution < -0.4 is 0 Å². The third-order valence-electron chi connectivity index (χ3n) is 4.32. The number of aromatic nitrogens is 3. The Labute approximate surface area is 160 Å². The molecule has 0 aliphatic rings. The molecule has 0 atom stereocenters. The highest BCUT2D eigenvalue weighted by atomic mass is 35.5. The summed E-state index contributed by atoms with van der Waals surface area (Å²) in [5, 5.41) is 15.7. The van der Waals surface area contributed by atoms with Crippen molar-refractivity contribution >= 4 is 28.8 Å². The molecule has 1 N–H and O–H groups in total. The molecule has 2 aromatic carbocycles. The van der Waals surface area contributed by atoms with Crippen molar-refractivity contribution in [2.45, 2.75) is 13.5 Å². The molecule has 0 amide bonds. The zero-order valence-electron chi connectivity index (χ0n) is 13.9. The van der Waals surface area contributed by atoms with Crippen molar-refractivity contribution in [3.05, 3.63) is 75.9 Å². The van der Waals surface area contributed by atoms with Crippen LogP contribution in [0.25, 0.3) is 28.2 Å². The number of fused-ring (bicyclic) bond motifs is 1. The highest BCUT2D eigenvalue weighted by Crippen LogP contribution is 2.34. The Morgan fingerprint density at radius 1 is 1.04 bits per heavy atom. The van der Waals surface area contributed by atoms with E-state index in [0.717, 1.165) is 28.2 Å². The van der Waals surface area contributed by atoms with E-state index in [0.29, 0.717) is 21.3 Å². The topological polar surface area (TPSA) is 50.4 Å². The average molecular weight is 384 g/mol. The second-order valence-electron chi connectivity index (χ2n) is 5.97. The molecule has 0 saturated carbocycles. The van der Waals surface area contributed by atoms with Gasteiger partial charge in [0.1, 0.15) is 0 Å². The lowest BCUT2D eigenvalue weighted by atomic mass is 10.0.